The van der Waals surface area contributed by atoms with Crippen LogP contribution in [0.15, 0.2) is 6.33 Å². The average molecular weight is 240 g/mol. The lowest BCUT2D eigenvalue weighted by molar-refractivity contribution is 0.203. The second-order valence-corrected chi connectivity index (χ2v) is 5.07. The first-order valence-electron chi connectivity index (χ1n) is 5.99. The van der Waals surface area contributed by atoms with E-state index >= 15 is 0 Å². The first-order chi connectivity index (χ1) is 7.79. The van der Waals surface area contributed by atoms with Crippen molar-refractivity contribution in [1.29, 1.82) is 0 Å². The molecule has 2 rings (SSSR count). The lowest BCUT2D eigenvalue weighted by atomic mass is 10.0. The molecule has 4 nitrogen and oxygen atoms in total. The molecule has 90 valence electrons. The van der Waals surface area contributed by atoms with Crippen LogP contribution in [0.2, 0.25) is 0 Å². The van der Waals surface area contributed by atoms with Gasteiger partial charge in [-0.05, 0) is 31.1 Å². The Morgan fingerprint density at radius 2 is 2.31 bits per heavy atom. The van der Waals surface area contributed by atoms with Crippen molar-refractivity contribution < 1.29 is 0 Å². The highest BCUT2D eigenvalue weighted by Gasteiger charge is 2.17. The van der Waals surface area contributed by atoms with E-state index in [1.165, 1.54) is 19.4 Å². The molecule has 1 aromatic rings. The van der Waals surface area contributed by atoms with E-state index in [0.717, 1.165) is 37.1 Å². The maximum Gasteiger partial charge on any atom is 0.147 e. The van der Waals surface area contributed by atoms with E-state index in [0.29, 0.717) is 0 Å². The third kappa shape index (κ3) is 2.98. The summed E-state index contributed by atoms with van der Waals surface area (Å²) < 4.78 is 2.15. The molecule has 1 aliphatic rings. The normalized spacial score (nSPS) is 18.4. The summed E-state index contributed by atoms with van der Waals surface area (Å²) in [4.78, 5) is 2.47. The SMILES string of the molecule is CC(CCS)CCN1CCn2cnnc2C1. The molecule has 0 amide bonds. The standard InChI is InChI=1S/C11H20N4S/c1-10(3-7-16)2-4-14-5-6-15-9-12-13-11(15)8-14/h9-10,16H,2-8H2,1H3. The number of hydrogen-bond donors (Lipinski definition) is 1. The molecule has 0 radical (unpaired) electrons. The van der Waals surface area contributed by atoms with Gasteiger partial charge in [-0.25, -0.2) is 0 Å². The maximum atomic E-state index is 4.27. The van der Waals surface area contributed by atoms with Crippen molar-refractivity contribution in [2.24, 2.45) is 5.92 Å². The van der Waals surface area contributed by atoms with Crippen molar-refractivity contribution in [2.75, 3.05) is 18.8 Å². The van der Waals surface area contributed by atoms with Gasteiger partial charge in [0.1, 0.15) is 12.2 Å². The Kier molecular flexibility index (Phi) is 4.23. The zero-order valence-electron chi connectivity index (χ0n) is 9.84. The van der Waals surface area contributed by atoms with Gasteiger partial charge in [0.15, 0.2) is 0 Å². The van der Waals surface area contributed by atoms with Gasteiger partial charge in [0.05, 0.1) is 6.54 Å². The minimum atomic E-state index is 0.775. The van der Waals surface area contributed by atoms with Crippen LogP contribution in [-0.4, -0.2) is 38.5 Å². The molecule has 0 aliphatic carbocycles. The van der Waals surface area contributed by atoms with Crippen molar-refractivity contribution >= 4 is 12.6 Å². The summed E-state index contributed by atoms with van der Waals surface area (Å²) in [6.45, 7) is 6.58. The van der Waals surface area contributed by atoms with E-state index in [9.17, 15) is 0 Å². The lowest BCUT2D eigenvalue weighted by Crippen LogP contribution is -2.34. The van der Waals surface area contributed by atoms with Gasteiger partial charge in [-0.1, -0.05) is 6.92 Å². The number of hydrogen-bond acceptors (Lipinski definition) is 4. The van der Waals surface area contributed by atoms with Gasteiger partial charge in [-0.2, -0.15) is 12.6 Å². The van der Waals surface area contributed by atoms with Crippen LogP contribution in [0.3, 0.4) is 0 Å². The van der Waals surface area contributed by atoms with Gasteiger partial charge in [0.2, 0.25) is 0 Å². The number of thiol groups is 1. The second-order valence-electron chi connectivity index (χ2n) is 4.62. The first-order valence-corrected chi connectivity index (χ1v) is 6.62. The maximum absolute atomic E-state index is 4.27. The van der Waals surface area contributed by atoms with Crippen molar-refractivity contribution in [3.8, 4) is 0 Å². The Labute approximate surface area is 102 Å². The van der Waals surface area contributed by atoms with Crippen molar-refractivity contribution in [3.63, 3.8) is 0 Å². The fourth-order valence-corrected chi connectivity index (χ4v) is 2.52. The number of nitrogens with zero attached hydrogens (tertiary/aromatic N) is 4. The van der Waals surface area contributed by atoms with Crippen LogP contribution in [0.4, 0.5) is 0 Å². The van der Waals surface area contributed by atoms with Crippen LogP contribution < -0.4 is 0 Å². The molecule has 1 atom stereocenters. The molecule has 1 aliphatic heterocycles. The molecule has 1 unspecified atom stereocenters. The molecular formula is C11H20N4S. The fourth-order valence-electron chi connectivity index (χ4n) is 2.07. The van der Waals surface area contributed by atoms with Crippen LogP contribution in [0.5, 0.6) is 0 Å². The van der Waals surface area contributed by atoms with E-state index in [1.807, 2.05) is 6.33 Å². The summed E-state index contributed by atoms with van der Waals surface area (Å²) in [6.07, 6.45) is 4.30. The molecule has 16 heavy (non-hydrogen) atoms. The Morgan fingerprint density at radius 3 is 3.12 bits per heavy atom. The van der Waals surface area contributed by atoms with Crippen molar-refractivity contribution in [1.82, 2.24) is 19.7 Å². The highest BCUT2D eigenvalue weighted by molar-refractivity contribution is 7.80. The zero-order valence-corrected chi connectivity index (χ0v) is 10.7. The molecular weight excluding hydrogens is 220 g/mol. The van der Waals surface area contributed by atoms with E-state index in [-0.39, 0.29) is 0 Å². The van der Waals surface area contributed by atoms with Crippen LogP contribution in [0, 0.1) is 5.92 Å². The summed E-state index contributed by atoms with van der Waals surface area (Å²) in [5.41, 5.74) is 0. The number of fused-ring (bicyclic) bond motifs is 1. The molecule has 0 fully saturated rings. The fraction of sp³-hybridized carbons (Fsp3) is 0.818. The monoisotopic (exact) mass is 240 g/mol. The van der Waals surface area contributed by atoms with E-state index < -0.39 is 0 Å². The van der Waals surface area contributed by atoms with E-state index in [4.69, 9.17) is 0 Å². The van der Waals surface area contributed by atoms with Crippen LogP contribution in [0.1, 0.15) is 25.6 Å². The Bertz CT molecular complexity index is 326. The second kappa shape index (κ2) is 5.68. The lowest BCUT2D eigenvalue weighted by Gasteiger charge is -2.27. The molecule has 0 spiro atoms. The minimum absolute atomic E-state index is 0.775. The molecule has 0 aromatic carbocycles. The number of aromatic nitrogens is 3. The number of rotatable bonds is 5. The van der Waals surface area contributed by atoms with Crippen molar-refractivity contribution in [2.45, 2.75) is 32.9 Å². The van der Waals surface area contributed by atoms with Gasteiger partial charge in [-0.3, -0.25) is 4.90 Å². The Morgan fingerprint density at radius 1 is 1.44 bits per heavy atom. The first kappa shape index (κ1) is 11.9. The van der Waals surface area contributed by atoms with Crippen LogP contribution in [0.25, 0.3) is 0 Å². The molecule has 0 bridgehead atoms. The molecule has 0 saturated heterocycles. The van der Waals surface area contributed by atoms with Crippen molar-refractivity contribution in [3.05, 3.63) is 12.2 Å². The zero-order chi connectivity index (χ0) is 11.4. The summed E-state index contributed by atoms with van der Waals surface area (Å²) in [6, 6.07) is 0. The van der Waals surface area contributed by atoms with Gasteiger partial charge in [0, 0.05) is 13.1 Å². The Hall–Kier alpha value is -0.550. The summed E-state index contributed by atoms with van der Waals surface area (Å²) in [5, 5.41) is 8.07. The predicted octanol–water partition coefficient (Wildman–Crippen LogP) is 1.44. The summed E-state index contributed by atoms with van der Waals surface area (Å²) in [5.74, 6) is 2.88. The quantitative estimate of drug-likeness (QED) is 0.791. The Balaban J connectivity index is 1.77. The van der Waals surface area contributed by atoms with Gasteiger partial charge in [-0.15, -0.1) is 10.2 Å². The minimum Gasteiger partial charge on any atom is -0.315 e. The topological polar surface area (TPSA) is 34.0 Å². The van der Waals surface area contributed by atoms with E-state index in [2.05, 4.69) is 39.2 Å². The molecule has 2 heterocycles. The molecule has 1 aromatic heterocycles. The van der Waals surface area contributed by atoms with E-state index in [1.54, 1.807) is 0 Å². The van der Waals surface area contributed by atoms with Gasteiger partial charge < -0.3 is 4.57 Å². The molecule has 0 N–H and O–H groups in total. The highest BCUT2D eigenvalue weighted by atomic mass is 32.1. The van der Waals surface area contributed by atoms with Gasteiger partial charge >= 0.3 is 0 Å². The average Bonchev–Trinajstić information content (AvgIpc) is 2.74. The predicted molar refractivity (Wildman–Crippen MR) is 67.6 cm³/mol. The van der Waals surface area contributed by atoms with Crippen LogP contribution in [-0.2, 0) is 13.1 Å². The third-order valence-corrected chi connectivity index (χ3v) is 3.54. The van der Waals surface area contributed by atoms with Crippen LogP contribution >= 0.6 is 12.6 Å². The highest BCUT2D eigenvalue weighted by Crippen LogP contribution is 2.13. The summed E-state index contributed by atoms with van der Waals surface area (Å²) >= 11 is 4.27. The smallest absolute Gasteiger partial charge is 0.147 e. The largest absolute Gasteiger partial charge is 0.315 e. The molecule has 5 heteroatoms. The summed E-state index contributed by atoms with van der Waals surface area (Å²) in [7, 11) is 0. The molecule has 0 saturated carbocycles. The van der Waals surface area contributed by atoms with Gasteiger partial charge in [0.25, 0.3) is 0 Å². The third-order valence-electron chi connectivity index (χ3n) is 3.28.